The molecule has 3 nitrogen and oxygen atoms in total. The number of rotatable bonds is 2. The number of hydrogen-bond donors (Lipinski definition) is 0. The summed E-state index contributed by atoms with van der Waals surface area (Å²) in [5.74, 6) is -0.206. The summed E-state index contributed by atoms with van der Waals surface area (Å²) in [4.78, 5) is 11.3. The highest BCUT2D eigenvalue weighted by atomic mass is 16.5. The average molecular weight is 227 g/mol. The molecule has 0 fully saturated rings. The molecule has 1 aliphatic heterocycles. The first-order valence-electron chi connectivity index (χ1n) is 5.64. The molecule has 0 amide bonds. The second-order valence-corrected chi connectivity index (χ2v) is 4.43. The van der Waals surface area contributed by atoms with Gasteiger partial charge in [-0.15, -0.1) is 0 Å². The number of fused-ring (bicyclic) bond motifs is 1. The van der Waals surface area contributed by atoms with Crippen LogP contribution in [0.4, 0.5) is 0 Å². The predicted octanol–water partition coefficient (Wildman–Crippen LogP) is 2.52. The largest absolute Gasteiger partial charge is 0.457 e. The molecule has 3 rings (SSSR count). The van der Waals surface area contributed by atoms with Gasteiger partial charge in [-0.05, 0) is 12.5 Å². The highest BCUT2D eigenvalue weighted by Gasteiger charge is 2.22. The summed E-state index contributed by atoms with van der Waals surface area (Å²) in [6, 6.07) is 8.38. The van der Waals surface area contributed by atoms with Gasteiger partial charge in [0.2, 0.25) is 0 Å². The van der Waals surface area contributed by atoms with Crippen molar-refractivity contribution in [3.63, 3.8) is 0 Å². The van der Waals surface area contributed by atoms with Crippen molar-refractivity contribution < 1.29 is 9.53 Å². The molecule has 0 bridgehead atoms. The summed E-state index contributed by atoms with van der Waals surface area (Å²) in [5, 5.41) is 0. The Kier molecular flexibility index (Phi) is 2.25. The average Bonchev–Trinajstić information content (AvgIpc) is 2.82. The molecule has 0 aliphatic carbocycles. The fourth-order valence-electron chi connectivity index (χ4n) is 2.19. The van der Waals surface area contributed by atoms with Gasteiger partial charge in [0.25, 0.3) is 0 Å². The number of benzene rings is 1. The van der Waals surface area contributed by atoms with E-state index in [0.717, 1.165) is 12.1 Å². The van der Waals surface area contributed by atoms with Crippen LogP contribution in [-0.2, 0) is 17.9 Å². The van der Waals surface area contributed by atoms with Gasteiger partial charge in [0.05, 0.1) is 5.56 Å². The van der Waals surface area contributed by atoms with E-state index in [2.05, 4.69) is 31.2 Å². The van der Waals surface area contributed by atoms with E-state index in [0.29, 0.717) is 12.2 Å². The van der Waals surface area contributed by atoms with Crippen molar-refractivity contribution in [1.29, 1.82) is 0 Å². The zero-order valence-electron chi connectivity index (χ0n) is 9.64. The molecule has 17 heavy (non-hydrogen) atoms. The molecule has 1 aliphatic rings. The van der Waals surface area contributed by atoms with E-state index in [1.165, 1.54) is 11.1 Å². The van der Waals surface area contributed by atoms with Gasteiger partial charge in [0, 0.05) is 24.5 Å². The molecule has 0 radical (unpaired) electrons. The topological polar surface area (TPSA) is 31.2 Å². The summed E-state index contributed by atoms with van der Waals surface area (Å²) in [7, 11) is 0. The maximum Gasteiger partial charge on any atom is 0.340 e. The van der Waals surface area contributed by atoms with Crippen molar-refractivity contribution in [1.82, 2.24) is 4.57 Å². The Bertz CT molecular complexity index is 584. The molecule has 0 unspecified atom stereocenters. The number of cyclic esters (lactones) is 1. The van der Waals surface area contributed by atoms with Crippen molar-refractivity contribution in [2.24, 2.45) is 0 Å². The fourth-order valence-corrected chi connectivity index (χ4v) is 2.19. The molecule has 3 heteroatoms. The monoisotopic (exact) mass is 227 g/mol. The van der Waals surface area contributed by atoms with Gasteiger partial charge in [-0.1, -0.05) is 29.8 Å². The molecule has 2 aromatic rings. The van der Waals surface area contributed by atoms with Crippen LogP contribution in [0.3, 0.4) is 0 Å². The first-order valence-corrected chi connectivity index (χ1v) is 5.64. The Morgan fingerprint density at radius 2 is 2.24 bits per heavy atom. The van der Waals surface area contributed by atoms with Crippen molar-refractivity contribution in [2.45, 2.75) is 20.1 Å². The third-order valence-electron chi connectivity index (χ3n) is 2.99. The smallest absolute Gasteiger partial charge is 0.340 e. The minimum atomic E-state index is -0.206. The molecule has 1 aromatic carbocycles. The molecular formula is C14H13NO2. The fraction of sp³-hybridized carbons (Fsp3) is 0.214. The van der Waals surface area contributed by atoms with Crippen molar-refractivity contribution in [2.75, 3.05) is 0 Å². The molecule has 86 valence electrons. The quantitative estimate of drug-likeness (QED) is 0.738. The van der Waals surface area contributed by atoms with E-state index in [9.17, 15) is 4.79 Å². The van der Waals surface area contributed by atoms with Crippen LogP contribution in [0.25, 0.3) is 0 Å². The van der Waals surface area contributed by atoms with Crippen LogP contribution in [0.1, 0.15) is 27.0 Å². The van der Waals surface area contributed by atoms with E-state index >= 15 is 0 Å². The summed E-state index contributed by atoms with van der Waals surface area (Å²) in [5.41, 5.74) is 4.19. The van der Waals surface area contributed by atoms with Crippen LogP contribution in [-0.4, -0.2) is 10.5 Å². The Morgan fingerprint density at radius 3 is 3.00 bits per heavy atom. The molecule has 0 atom stereocenters. The third-order valence-corrected chi connectivity index (χ3v) is 2.99. The Labute approximate surface area is 99.6 Å². The lowest BCUT2D eigenvalue weighted by Gasteiger charge is -2.04. The SMILES string of the molecule is Cc1cccc(Cn2cc3c(c2)C(=O)OC3)c1. The number of carbonyl (C=O) groups excluding carboxylic acids is 1. The second-order valence-electron chi connectivity index (χ2n) is 4.43. The van der Waals surface area contributed by atoms with Crippen LogP contribution in [0, 0.1) is 6.92 Å². The number of aromatic nitrogens is 1. The first kappa shape index (κ1) is 10.1. The molecule has 0 spiro atoms. The number of esters is 1. The van der Waals surface area contributed by atoms with E-state index < -0.39 is 0 Å². The van der Waals surface area contributed by atoms with E-state index in [1.54, 1.807) is 0 Å². The van der Waals surface area contributed by atoms with Crippen LogP contribution < -0.4 is 0 Å². The van der Waals surface area contributed by atoms with E-state index in [4.69, 9.17) is 4.74 Å². The normalized spacial score (nSPS) is 13.6. The summed E-state index contributed by atoms with van der Waals surface area (Å²) < 4.78 is 6.98. The summed E-state index contributed by atoms with van der Waals surface area (Å²) in [6.07, 6.45) is 3.86. The van der Waals surface area contributed by atoms with Crippen LogP contribution >= 0.6 is 0 Å². The number of nitrogens with zero attached hydrogens (tertiary/aromatic N) is 1. The van der Waals surface area contributed by atoms with Gasteiger partial charge < -0.3 is 9.30 Å². The maximum atomic E-state index is 11.3. The van der Waals surface area contributed by atoms with Gasteiger partial charge in [-0.2, -0.15) is 0 Å². The predicted molar refractivity (Wildman–Crippen MR) is 63.8 cm³/mol. The first-order chi connectivity index (χ1) is 8.22. The minimum absolute atomic E-state index is 0.206. The van der Waals surface area contributed by atoms with Crippen molar-refractivity contribution >= 4 is 5.97 Å². The molecule has 0 saturated heterocycles. The van der Waals surface area contributed by atoms with Crippen molar-refractivity contribution in [3.05, 3.63) is 58.9 Å². The lowest BCUT2D eigenvalue weighted by Crippen LogP contribution is -1.99. The lowest BCUT2D eigenvalue weighted by molar-refractivity contribution is 0.0533. The molecule has 2 heterocycles. The van der Waals surface area contributed by atoms with E-state index in [-0.39, 0.29) is 5.97 Å². The molecular weight excluding hydrogens is 214 g/mol. The number of hydrogen-bond acceptors (Lipinski definition) is 2. The Hall–Kier alpha value is -2.03. The molecule has 1 aromatic heterocycles. The molecule has 0 saturated carbocycles. The van der Waals surface area contributed by atoms with Crippen LogP contribution in [0.15, 0.2) is 36.7 Å². The number of ether oxygens (including phenoxy) is 1. The van der Waals surface area contributed by atoms with Crippen LogP contribution in [0.5, 0.6) is 0 Å². The molecule has 0 N–H and O–H groups in total. The van der Waals surface area contributed by atoms with Gasteiger partial charge in [-0.25, -0.2) is 4.79 Å². The maximum absolute atomic E-state index is 11.3. The number of carbonyl (C=O) groups is 1. The van der Waals surface area contributed by atoms with Crippen LogP contribution in [0.2, 0.25) is 0 Å². The van der Waals surface area contributed by atoms with Gasteiger partial charge in [0.15, 0.2) is 0 Å². The lowest BCUT2D eigenvalue weighted by atomic mass is 10.1. The Balaban J connectivity index is 1.87. The van der Waals surface area contributed by atoms with Gasteiger partial charge in [0.1, 0.15) is 6.61 Å². The zero-order valence-corrected chi connectivity index (χ0v) is 9.64. The number of aryl methyl sites for hydroxylation is 1. The van der Waals surface area contributed by atoms with Gasteiger partial charge in [-0.3, -0.25) is 0 Å². The van der Waals surface area contributed by atoms with Gasteiger partial charge >= 0.3 is 5.97 Å². The second kappa shape index (κ2) is 3.77. The highest BCUT2D eigenvalue weighted by molar-refractivity contribution is 5.93. The van der Waals surface area contributed by atoms with E-state index in [1.807, 2.05) is 17.0 Å². The summed E-state index contributed by atoms with van der Waals surface area (Å²) in [6.45, 7) is 3.29. The minimum Gasteiger partial charge on any atom is -0.457 e. The Morgan fingerprint density at radius 1 is 1.35 bits per heavy atom. The highest BCUT2D eigenvalue weighted by Crippen LogP contribution is 2.21. The van der Waals surface area contributed by atoms with Crippen molar-refractivity contribution in [3.8, 4) is 0 Å². The standard InChI is InChI=1S/C14H13NO2/c1-10-3-2-4-11(5-10)6-15-7-12-9-17-14(16)13(12)8-15/h2-5,7-8H,6,9H2,1H3. The zero-order chi connectivity index (χ0) is 11.8. The summed E-state index contributed by atoms with van der Waals surface area (Å²) >= 11 is 0. The third kappa shape index (κ3) is 1.84.